The molecule has 3 aromatic rings. The zero-order chi connectivity index (χ0) is 18.6. The molecule has 4 heteroatoms. The Kier molecular flexibility index (Phi) is 5.37. The van der Waals surface area contributed by atoms with E-state index in [0.29, 0.717) is 6.61 Å². The average molecular weight is 422 g/mol. The molecule has 0 fully saturated rings. The highest BCUT2D eigenvalue weighted by atomic mass is 79.9. The maximum Gasteiger partial charge on any atom is 0.190 e. The standard InChI is InChI=1S/C23H20BrNO2/c24-23-20(12-11-19-15-27-16-21(26)22(19)23)25(13-17-7-3-1-4-8-17)14-18-9-5-2-6-10-18/h1-12H,13-16H2. The molecule has 1 heterocycles. The molecule has 3 aromatic carbocycles. The molecule has 0 amide bonds. The largest absolute Gasteiger partial charge is 0.369 e. The molecule has 0 unspecified atom stereocenters. The summed E-state index contributed by atoms with van der Waals surface area (Å²) in [4.78, 5) is 14.7. The van der Waals surface area contributed by atoms with Crippen LogP contribution >= 0.6 is 15.9 Å². The Labute approximate surface area is 167 Å². The second kappa shape index (κ2) is 8.07. The highest BCUT2D eigenvalue weighted by Crippen LogP contribution is 2.36. The number of hydrogen-bond acceptors (Lipinski definition) is 3. The van der Waals surface area contributed by atoms with Crippen LogP contribution in [0.1, 0.15) is 27.0 Å². The molecule has 0 atom stereocenters. The van der Waals surface area contributed by atoms with Crippen molar-refractivity contribution in [2.45, 2.75) is 19.7 Å². The van der Waals surface area contributed by atoms with Gasteiger partial charge in [0, 0.05) is 18.7 Å². The van der Waals surface area contributed by atoms with E-state index in [1.807, 2.05) is 18.2 Å². The lowest BCUT2D eigenvalue weighted by Gasteiger charge is -2.28. The van der Waals surface area contributed by atoms with Crippen molar-refractivity contribution in [3.05, 3.63) is 99.5 Å². The number of carbonyl (C=O) groups excluding carboxylic acids is 1. The van der Waals surface area contributed by atoms with Crippen LogP contribution < -0.4 is 4.90 Å². The summed E-state index contributed by atoms with van der Waals surface area (Å²) in [6.07, 6.45) is 0. The van der Waals surface area contributed by atoms with Crippen LogP contribution in [0.25, 0.3) is 0 Å². The lowest BCUT2D eigenvalue weighted by atomic mass is 10.0. The number of nitrogens with zero attached hydrogens (tertiary/aromatic N) is 1. The second-order valence-corrected chi connectivity index (χ2v) is 7.47. The quantitative estimate of drug-likeness (QED) is 0.554. The van der Waals surface area contributed by atoms with Gasteiger partial charge in [0.05, 0.1) is 16.8 Å². The maximum absolute atomic E-state index is 12.4. The molecule has 0 bridgehead atoms. The van der Waals surface area contributed by atoms with Crippen molar-refractivity contribution in [3.63, 3.8) is 0 Å². The number of halogens is 1. The van der Waals surface area contributed by atoms with Crippen molar-refractivity contribution in [2.24, 2.45) is 0 Å². The lowest BCUT2D eigenvalue weighted by Crippen LogP contribution is -2.25. The van der Waals surface area contributed by atoms with Crippen LogP contribution in [0.5, 0.6) is 0 Å². The Bertz CT molecular complexity index is 900. The molecule has 0 radical (unpaired) electrons. The Morgan fingerprint density at radius 2 is 1.41 bits per heavy atom. The number of benzene rings is 3. The molecular weight excluding hydrogens is 402 g/mol. The minimum atomic E-state index is 0.0318. The number of ketones is 1. The normalized spacial score (nSPS) is 13.3. The third-order valence-corrected chi connectivity index (χ3v) is 5.55. The molecule has 0 spiro atoms. The highest BCUT2D eigenvalue weighted by Gasteiger charge is 2.24. The Morgan fingerprint density at radius 3 is 2.00 bits per heavy atom. The average Bonchev–Trinajstić information content (AvgIpc) is 2.69. The molecule has 0 N–H and O–H groups in total. The first-order valence-corrected chi connectivity index (χ1v) is 9.77. The van der Waals surface area contributed by atoms with Gasteiger partial charge >= 0.3 is 0 Å². The third kappa shape index (κ3) is 3.97. The van der Waals surface area contributed by atoms with Crippen LogP contribution in [0, 0.1) is 0 Å². The van der Waals surface area contributed by atoms with Gasteiger partial charge in [-0.2, -0.15) is 0 Å². The van der Waals surface area contributed by atoms with Gasteiger partial charge in [0.15, 0.2) is 5.78 Å². The summed E-state index contributed by atoms with van der Waals surface area (Å²) in [5, 5.41) is 0. The van der Waals surface area contributed by atoms with Crippen molar-refractivity contribution in [3.8, 4) is 0 Å². The van der Waals surface area contributed by atoms with Gasteiger partial charge in [0.25, 0.3) is 0 Å². The summed E-state index contributed by atoms with van der Waals surface area (Å²) in [6, 6.07) is 24.9. The molecule has 0 aliphatic carbocycles. The first kappa shape index (κ1) is 18.0. The smallest absolute Gasteiger partial charge is 0.190 e. The molecule has 27 heavy (non-hydrogen) atoms. The Morgan fingerprint density at radius 1 is 0.815 bits per heavy atom. The minimum Gasteiger partial charge on any atom is -0.369 e. The van der Waals surface area contributed by atoms with E-state index >= 15 is 0 Å². The van der Waals surface area contributed by atoms with Crippen molar-refractivity contribution in [2.75, 3.05) is 11.5 Å². The molecule has 1 aliphatic heterocycles. The highest BCUT2D eigenvalue weighted by molar-refractivity contribution is 9.10. The van der Waals surface area contributed by atoms with Crippen LogP contribution in [0.15, 0.2) is 77.3 Å². The van der Waals surface area contributed by atoms with Gasteiger partial charge in [-0.3, -0.25) is 4.79 Å². The number of rotatable bonds is 5. The van der Waals surface area contributed by atoms with Crippen molar-refractivity contribution in [1.82, 2.24) is 0 Å². The number of carbonyl (C=O) groups is 1. The SMILES string of the molecule is O=C1COCc2ccc(N(Cc3ccccc3)Cc3ccccc3)c(Br)c21. The molecule has 0 aromatic heterocycles. The Hall–Kier alpha value is -2.43. The van der Waals surface area contributed by atoms with E-state index in [1.165, 1.54) is 11.1 Å². The first-order valence-electron chi connectivity index (χ1n) is 8.97. The summed E-state index contributed by atoms with van der Waals surface area (Å²) in [5.41, 5.74) is 5.18. The van der Waals surface area contributed by atoms with Crippen LogP contribution in [0.3, 0.4) is 0 Å². The molecule has 4 rings (SSSR count). The Balaban J connectivity index is 1.74. The van der Waals surface area contributed by atoms with Crippen LogP contribution in [-0.2, 0) is 24.4 Å². The molecular formula is C23H20BrNO2. The summed E-state index contributed by atoms with van der Waals surface area (Å²) in [7, 11) is 0. The fourth-order valence-corrected chi connectivity index (χ4v) is 4.29. The number of Topliss-reactive ketones (excluding diaryl/α,β-unsaturated/α-hetero) is 1. The maximum atomic E-state index is 12.4. The van der Waals surface area contributed by atoms with Crippen molar-refractivity contribution in [1.29, 1.82) is 0 Å². The topological polar surface area (TPSA) is 29.5 Å². The van der Waals surface area contributed by atoms with E-state index < -0.39 is 0 Å². The van der Waals surface area contributed by atoms with Crippen LogP contribution in [-0.4, -0.2) is 12.4 Å². The van der Waals surface area contributed by atoms with Gasteiger partial charge < -0.3 is 9.64 Å². The first-order chi connectivity index (χ1) is 13.2. The van der Waals surface area contributed by atoms with Gasteiger partial charge in [-0.15, -0.1) is 0 Å². The van der Waals surface area contributed by atoms with Gasteiger partial charge in [0.1, 0.15) is 6.61 Å². The zero-order valence-electron chi connectivity index (χ0n) is 14.9. The number of ether oxygens (including phenoxy) is 1. The number of fused-ring (bicyclic) bond motifs is 1. The fraction of sp³-hybridized carbons (Fsp3) is 0.174. The van der Waals surface area contributed by atoms with Crippen LogP contribution in [0.4, 0.5) is 5.69 Å². The van der Waals surface area contributed by atoms with Crippen molar-refractivity contribution >= 4 is 27.4 Å². The van der Waals surface area contributed by atoms with E-state index in [-0.39, 0.29) is 12.4 Å². The third-order valence-electron chi connectivity index (χ3n) is 4.75. The summed E-state index contributed by atoms with van der Waals surface area (Å²) < 4.78 is 6.23. The van der Waals surface area contributed by atoms with Gasteiger partial charge in [-0.25, -0.2) is 0 Å². The van der Waals surface area contributed by atoms with Crippen LogP contribution in [0.2, 0.25) is 0 Å². The molecule has 136 valence electrons. The number of anilines is 1. The molecule has 0 saturated heterocycles. The summed E-state index contributed by atoms with van der Waals surface area (Å²) in [6.45, 7) is 2.15. The summed E-state index contributed by atoms with van der Waals surface area (Å²) >= 11 is 3.72. The van der Waals surface area contributed by atoms with Gasteiger partial charge in [-0.1, -0.05) is 66.7 Å². The van der Waals surface area contributed by atoms with E-state index in [9.17, 15) is 4.79 Å². The predicted molar refractivity (Wildman–Crippen MR) is 111 cm³/mol. The lowest BCUT2D eigenvalue weighted by molar-refractivity contribution is 0.0664. The monoisotopic (exact) mass is 421 g/mol. The van der Waals surface area contributed by atoms with E-state index in [2.05, 4.69) is 75.4 Å². The predicted octanol–water partition coefficient (Wildman–Crippen LogP) is 5.37. The summed E-state index contributed by atoms with van der Waals surface area (Å²) in [5.74, 6) is 0.0318. The minimum absolute atomic E-state index is 0.0318. The van der Waals surface area contributed by atoms with E-state index in [1.54, 1.807) is 0 Å². The molecule has 1 aliphatic rings. The van der Waals surface area contributed by atoms with Gasteiger partial charge in [-0.05, 0) is 38.7 Å². The van der Waals surface area contributed by atoms with Gasteiger partial charge in [0.2, 0.25) is 0 Å². The van der Waals surface area contributed by atoms with E-state index in [4.69, 9.17) is 4.74 Å². The molecule has 3 nitrogen and oxygen atoms in total. The molecule has 0 saturated carbocycles. The fourth-order valence-electron chi connectivity index (χ4n) is 3.43. The number of hydrogen-bond donors (Lipinski definition) is 0. The van der Waals surface area contributed by atoms with Crippen molar-refractivity contribution < 1.29 is 9.53 Å². The zero-order valence-corrected chi connectivity index (χ0v) is 16.5. The van der Waals surface area contributed by atoms with E-state index in [0.717, 1.165) is 34.4 Å². The second-order valence-electron chi connectivity index (χ2n) is 6.68.